The minimum absolute atomic E-state index is 0.132. The summed E-state index contributed by atoms with van der Waals surface area (Å²) >= 11 is 0. The number of aromatic nitrogens is 2. The van der Waals surface area contributed by atoms with E-state index in [0.29, 0.717) is 23.7 Å². The van der Waals surface area contributed by atoms with E-state index >= 15 is 0 Å². The van der Waals surface area contributed by atoms with Crippen LogP contribution >= 0.6 is 0 Å². The van der Waals surface area contributed by atoms with Crippen LogP contribution < -0.4 is 4.74 Å². The number of nitrogens with zero attached hydrogens (tertiary/aromatic N) is 2. The van der Waals surface area contributed by atoms with Crippen LogP contribution in [0.15, 0.2) is 36.7 Å². The molecule has 1 fully saturated rings. The minimum atomic E-state index is -0.310. The van der Waals surface area contributed by atoms with Crippen LogP contribution in [-0.4, -0.2) is 22.4 Å². The van der Waals surface area contributed by atoms with E-state index in [2.05, 4.69) is 4.98 Å². The highest BCUT2D eigenvalue weighted by Gasteiger charge is 2.25. The van der Waals surface area contributed by atoms with Gasteiger partial charge in [-0.3, -0.25) is 9.78 Å². The van der Waals surface area contributed by atoms with E-state index < -0.39 is 0 Å². The number of benzene rings is 1. The third-order valence-corrected chi connectivity index (χ3v) is 5.74. The molecule has 1 aliphatic carbocycles. The van der Waals surface area contributed by atoms with Gasteiger partial charge in [0.1, 0.15) is 11.6 Å². The maximum atomic E-state index is 13.9. The van der Waals surface area contributed by atoms with Gasteiger partial charge in [-0.1, -0.05) is 12.8 Å². The highest BCUT2D eigenvalue weighted by Crippen LogP contribution is 2.36. The lowest BCUT2D eigenvalue weighted by atomic mass is 10.1. The Labute approximate surface area is 164 Å². The van der Waals surface area contributed by atoms with Crippen molar-refractivity contribution in [2.45, 2.75) is 45.6 Å². The van der Waals surface area contributed by atoms with Gasteiger partial charge in [-0.2, -0.15) is 0 Å². The fraction of sp³-hybridized carbons (Fsp3) is 0.391. The van der Waals surface area contributed by atoms with Crippen molar-refractivity contribution in [3.63, 3.8) is 0 Å². The maximum absolute atomic E-state index is 13.9. The normalized spacial score (nSPS) is 15.0. The molecular weight excluding hydrogens is 355 g/mol. The Bertz CT molecular complexity index is 1040. The van der Waals surface area contributed by atoms with Crippen LogP contribution in [0.25, 0.3) is 11.0 Å². The standard InChI is InChI=1S/C23H25FN2O2/c1-14-10-11-25-22-19(20(27)8-6-16-4-5-16)13-26(23(14)22)15(2)18-12-17(24)7-9-21(18)28-3/h7,9-13,15-16H,4-6,8H2,1-3H3. The number of carbonyl (C=O) groups excluding carboxylic acids is 1. The van der Waals surface area contributed by atoms with Gasteiger partial charge in [0.15, 0.2) is 5.78 Å². The van der Waals surface area contributed by atoms with Gasteiger partial charge in [0.25, 0.3) is 0 Å². The molecule has 5 heteroatoms. The van der Waals surface area contributed by atoms with Crippen LogP contribution in [0.2, 0.25) is 0 Å². The number of hydrogen-bond donors (Lipinski definition) is 0. The third-order valence-electron chi connectivity index (χ3n) is 5.74. The molecule has 0 spiro atoms. The molecule has 1 aromatic carbocycles. The summed E-state index contributed by atoms with van der Waals surface area (Å²) in [5, 5.41) is 0. The summed E-state index contributed by atoms with van der Waals surface area (Å²) in [7, 11) is 1.58. The maximum Gasteiger partial charge on any atom is 0.166 e. The second kappa shape index (κ2) is 7.38. The van der Waals surface area contributed by atoms with Crippen molar-refractivity contribution in [3.8, 4) is 5.75 Å². The molecule has 4 rings (SSSR count). The molecule has 1 aliphatic rings. The molecule has 1 unspecified atom stereocenters. The van der Waals surface area contributed by atoms with Crippen LogP contribution in [0.3, 0.4) is 0 Å². The molecule has 0 bridgehead atoms. The Kier molecular flexibility index (Phi) is 4.92. The van der Waals surface area contributed by atoms with E-state index in [1.54, 1.807) is 19.4 Å². The summed E-state index contributed by atoms with van der Waals surface area (Å²) in [6, 6.07) is 6.26. The zero-order valence-electron chi connectivity index (χ0n) is 16.5. The first kappa shape index (κ1) is 18.7. The summed E-state index contributed by atoms with van der Waals surface area (Å²) in [5.41, 5.74) is 4.06. The summed E-state index contributed by atoms with van der Waals surface area (Å²) in [6.45, 7) is 4.00. The molecule has 0 amide bonds. The van der Waals surface area contributed by atoms with Crippen molar-refractivity contribution >= 4 is 16.8 Å². The molecule has 2 aromatic heterocycles. The predicted molar refractivity (Wildman–Crippen MR) is 108 cm³/mol. The van der Waals surface area contributed by atoms with Crippen LogP contribution in [0.4, 0.5) is 4.39 Å². The second-order valence-corrected chi connectivity index (χ2v) is 7.74. The summed E-state index contributed by atoms with van der Waals surface area (Å²) in [4.78, 5) is 17.4. The van der Waals surface area contributed by atoms with Gasteiger partial charge in [-0.15, -0.1) is 0 Å². The van der Waals surface area contributed by atoms with Gasteiger partial charge in [0, 0.05) is 24.4 Å². The van der Waals surface area contributed by atoms with E-state index in [0.717, 1.165) is 28.6 Å². The van der Waals surface area contributed by atoms with Gasteiger partial charge in [-0.05, 0) is 56.0 Å². The van der Waals surface area contributed by atoms with Crippen molar-refractivity contribution in [1.29, 1.82) is 0 Å². The fourth-order valence-electron chi connectivity index (χ4n) is 3.91. The number of carbonyl (C=O) groups is 1. The van der Waals surface area contributed by atoms with Crippen LogP contribution in [0, 0.1) is 18.7 Å². The Morgan fingerprint density at radius 2 is 2.14 bits per heavy atom. The third kappa shape index (κ3) is 3.41. The fourth-order valence-corrected chi connectivity index (χ4v) is 3.91. The van der Waals surface area contributed by atoms with Crippen molar-refractivity contribution in [1.82, 2.24) is 9.55 Å². The molecular formula is C23H25FN2O2. The van der Waals surface area contributed by atoms with Gasteiger partial charge < -0.3 is 9.30 Å². The molecule has 0 N–H and O–H groups in total. The van der Waals surface area contributed by atoms with E-state index in [9.17, 15) is 9.18 Å². The number of aryl methyl sites for hydroxylation is 1. The van der Waals surface area contributed by atoms with Gasteiger partial charge in [0.05, 0.1) is 29.7 Å². The summed E-state index contributed by atoms with van der Waals surface area (Å²) in [5.74, 6) is 1.16. The smallest absolute Gasteiger partial charge is 0.166 e. The van der Waals surface area contributed by atoms with E-state index in [4.69, 9.17) is 4.74 Å². The molecule has 146 valence electrons. The molecule has 0 aliphatic heterocycles. The van der Waals surface area contributed by atoms with E-state index in [1.807, 2.05) is 30.7 Å². The number of rotatable bonds is 7. The number of ketones is 1. The molecule has 4 nitrogen and oxygen atoms in total. The molecule has 3 aromatic rings. The summed E-state index contributed by atoms with van der Waals surface area (Å²) in [6.07, 6.45) is 7.61. The Morgan fingerprint density at radius 1 is 1.36 bits per heavy atom. The molecule has 0 saturated heterocycles. The number of Topliss-reactive ketones (excluding diaryl/α,β-unsaturated/α-hetero) is 1. The number of methoxy groups -OCH3 is 1. The average molecular weight is 380 g/mol. The first-order valence-electron chi connectivity index (χ1n) is 9.82. The summed E-state index contributed by atoms with van der Waals surface area (Å²) < 4.78 is 21.4. The highest BCUT2D eigenvalue weighted by atomic mass is 19.1. The highest BCUT2D eigenvalue weighted by molar-refractivity contribution is 6.07. The Morgan fingerprint density at radius 3 is 2.86 bits per heavy atom. The number of pyridine rings is 1. The molecule has 0 radical (unpaired) electrons. The number of ether oxygens (including phenoxy) is 1. The molecule has 28 heavy (non-hydrogen) atoms. The average Bonchev–Trinajstić information content (AvgIpc) is 3.44. The van der Waals surface area contributed by atoms with Crippen molar-refractivity contribution in [3.05, 3.63) is 59.2 Å². The van der Waals surface area contributed by atoms with Crippen molar-refractivity contribution < 1.29 is 13.9 Å². The number of halogens is 1. The molecule has 1 atom stereocenters. The molecule has 2 heterocycles. The monoisotopic (exact) mass is 380 g/mol. The Balaban J connectivity index is 1.80. The lowest BCUT2D eigenvalue weighted by Crippen LogP contribution is -2.08. The number of fused-ring (bicyclic) bond motifs is 1. The Hall–Kier alpha value is -2.69. The van der Waals surface area contributed by atoms with Crippen molar-refractivity contribution in [2.75, 3.05) is 7.11 Å². The van der Waals surface area contributed by atoms with Gasteiger partial charge >= 0.3 is 0 Å². The van der Waals surface area contributed by atoms with Crippen LogP contribution in [0.1, 0.15) is 60.1 Å². The predicted octanol–water partition coefficient (Wildman–Crippen LogP) is 5.47. The van der Waals surface area contributed by atoms with E-state index in [-0.39, 0.29) is 17.6 Å². The molecule has 1 saturated carbocycles. The van der Waals surface area contributed by atoms with E-state index in [1.165, 1.54) is 25.0 Å². The minimum Gasteiger partial charge on any atom is -0.496 e. The first-order chi connectivity index (χ1) is 13.5. The lowest BCUT2D eigenvalue weighted by Gasteiger charge is -2.19. The zero-order chi connectivity index (χ0) is 19.8. The lowest BCUT2D eigenvalue weighted by molar-refractivity contribution is 0.0979. The van der Waals surface area contributed by atoms with Gasteiger partial charge in [0.2, 0.25) is 0 Å². The largest absolute Gasteiger partial charge is 0.496 e. The number of hydrogen-bond acceptors (Lipinski definition) is 3. The SMILES string of the molecule is COc1ccc(F)cc1C(C)n1cc(C(=O)CCC2CC2)c2nccc(C)c21. The van der Waals surface area contributed by atoms with Crippen LogP contribution in [-0.2, 0) is 0 Å². The topological polar surface area (TPSA) is 44.1 Å². The van der Waals surface area contributed by atoms with Crippen LogP contribution in [0.5, 0.6) is 5.75 Å². The first-order valence-corrected chi connectivity index (χ1v) is 9.82. The van der Waals surface area contributed by atoms with Gasteiger partial charge in [-0.25, -0.2) is 4.39 Å². The second-order valence-electron chi connectivity index (χ2n) is 7.74. The van der Waals surface area contributed by atoms with Crippen molar-refractivity contribution in [2.24, 2.45) is 5.92 Å². The zero-order valence-corrected chi connectivity index (χ0v) is 16.5. The quantitative estimate of drug-likeness (QED) is 0.510.